The lowest BCUT2D eigenvalue weighted by Crippen LogP contribution is -2.29. The van der Waals surface area contributed by atoms with Gasteiger partial charge in [-0.2, -0.15) is 0 Å². The Bertz CT molecular complexity index is 1070. The summed E-state index contributed by atoms with van der Waals surface area (Å²) in [4.78, 5) is 19.1. The second-order valence-corrected chi connectivity index (χ2v) is 7.26. The Morgan fingerprint density at radius 1 is 1.14 bits per heavy atom. The topological polar surface area (TPSA) is 54.5 Å². The van der Waals surface area contributed by atoms with Gasteiger partial charge in [0.25, 0.3) is 5.91 Å². The number of carbonyl (C=O) groups is 1. The number of ether oxygens (including phenoxy) is 1. The highest BCUT2D eigenvalue weighted by atomic mass is 19.1. The molecule has 0 saturated carbocycles. The molecule has 2 aromatic carbocycles. The van der Waals surface area contributed by atoms with Gasteiger partial charge in [0.05, 0.1) is 18.2 Å². The summed E-state index contributed by atoms with van der Waals surface area (Å²) in [5.41, 5.74) is 3.50. The van der Waals surface area contributed by atoms with Crippen molar-refractivity contribution < 1.29 is 13.9 Å². The fraction of sp³-hybridized carbons (Fsp3) is 0.217. The van der Waals surface area contributed by atoms with E-state index in [1.54, 1.807) is 29.3 Å². The molecule has 3 aromatic rings. The van der Waals surface area contributed by atoms with Crippen molar-refractivity contribution in [2.24, 2.45) is 0 Å². The van der Waals surface area contributed by atoms with Crippen molar-refractivity contribution in [3.05, 3.63) is 83.3 Å². The van der Waals surface area contributed by atoms with Crippen molar-refractivity contribution in [3.63, 3.8) is 0 Å². The molecule has 0 fully saturated rings. The standard InChI is InChI=1S/C23H20FN3O2/c24-18-6-3-5-17-19(11-13-29-22(17)18)26-21-9-8-16(14-25-21)23(28)27-12-10-15-4-1-2-7-20(15)27/h1-9,14,19H,10-13H2,(H,25,26)/t19-/m0/s1. The van der Waals surface area contributed by atoms with E-state index in [0.717, 1.165) is 17.7 Å². The normalized spacial score (nSPS) is 17.3. The number of nitrogens with one attached hydrogen (secondary N) is 1. The van der Waals surface area contributed by atoms with Crippen LogP contribution < -0.4 is 15.0 Å². The number of fused-ring (bicyclic) bond motifs is 2. The number of aromatic nitrogens is 1. The van der Waals surface area contributed by atoms with E-state index < -0.39 is 0 Å². The molecule has 1 atom stereocenters. The zero-order chi connectivity index (χ0) is 19.8. The van der Waals surface area contributed by atoms with Crippen LogP contribution in [-0.4, -0.2) is 24.0 Å². The fourth-order valence-corrected chi connectivity index (χ4v) is 4.03. The third-order valence-corrected chi connectivity index (χ3v) is 5.49. The molecule has 29 heavy (non-hydrogen) atoms. The number of amides is 1. The molecule has 1 amide bonds. The van der Waals surface area contributed by atoms with Gasteiger partial charge >= 0.3 is 0 Å². The van der Waals surface area contributed by atoms with Crippen LogP contribution >= 0.6 is 0 Å². The number of para-hydroxylation sites is 2. The lowest BCUT2D eigenvalue weighted by Gasteiger charge is -2.27. The molecule has 6 heteroatoms. The number of pyridine rings is 1. The van der Waals surface area contributed by atoms with Crippen LogP contribution in [0.2, 0.25) is 0 Å². The highest BCUT2D eigenvalue weighted by Gasteiger charge is 2.26. The minimum Gasteiger partial charge on any atom is -0.490 e. The summed E-state index contributed by atoms with van der Waals surface area (Å²) in [6, 6.07) is 16.4. The molecule has 0 saturated heterocycles. The molecule has 1 N–H and O–H groups in total. The van der Waals surface area contributed by atoms with Gasteiger partial charge in [0.15, 0.2) is 11.6 Å². The van der Waals surface area contributed by atoms with Crippen LogP contribution in [-0.2, 0) is 6.42 Å². The van der Waals surface area contributed by atoms with E-state index in [4.69, 9.17) is 4.74 Å². The maximum Gasteiger partial charge on any atom is 0.259 e. The van der Waals surface area contributed by atoms with Gasteiger partial charge in [-0.15, -0.1) is 0 Å². The van der Waals surface area contributed by atoms with Crippen molar-refractivity contribution >= 4 is 17.4 Å². The predicted molar refractivity (Wildman–Crippen MR) is 109 cm³/mol. The number of nitrogens with zero attached hydrogens (tertiary/aromatic N) is 2. The van der Waals surface area contributed by atoms with E-state index in [2.05, 4.69) is 16.4 Å². The molecule has 0 aliphatic carbocycles. The molecule has 5 rings (SSSR count). The summed E-state index contributed by atoms with van der Waals surface area (Å²) in [5.74, 6) is 0.544. The zero-order valence-electron chi connectivity index (χ0n) is 15.8. The Labute approximate surface area is 168 Å². The molecule has 2 aliphatic rings. The molecule has 0 radical (unpaired) electrons. The van der Waals surface area contributed by atoms with E-state index in [1.165, 1.54) is 11.6 Å². The molecule has 0 unspecified atom stereocenters. The second-order valence-electron chi connectivity index (χ2n) is 7.26. The number of hydrogen-bond acceptors (Lipinski definition) is 4. The predicted octanol–water partition coefficient (Wildman–Crippen LogP) is 4.36. The molecule has 3 heterocycles. The summed E-state index contributed by atoms with van der Waals surface area (Å²) in [6.45, 7) is 1.12. The molecule has 0 spiro atoms. The largest absolute Gasteiger partial charge is 0.490 e. The van der Waals surface area contributed by atoms with Gasteiger partial charge < -0.3 is 15.0 Å². The number of halogens is 1. The number of hydrogen-bond donors (Lipinski definition) is 1. The fourth-order valence-electron chi connectivity index (χ4n) is 4.03. The highest BCUT2D eigenvalue weighted by molar-refractivity contribution is 6.07. The van der Waals surface area contributed by atoms with Gasteiger partial charge in [-0.1, -0.05) is 30.3 Å². The van der Waals surface area contributed by atoms with Crippen LogP contribution in [0.25, 0.3) is 0 Å². The minimum absolute atomic E-state index is 0.0486. The van der Waals surface area contributed by atoms with Crippen LogP contribution in [0.1, 0.15) is 33.9 Å². The molecule has 146 valence electrons. The molecule has 0 bridgehead atoms. The molecule has 1 aromatic heterocycles. The quantitative estimate of drug-likeness (QED) is 0.723. The minimum atomic E-state index is -0.353. The maximum atomic E-state index is 14.0. The van der Waals surface area contributed by atoms with Crippen LogP contribution in [0.4, 0.5) is 15.9 Å². The lowest BCUT2D eigenvalue weighted by atomic mass is 10.0. The third-order valence-electron chi connectivity index (χ3n) is 5.49. The number of rotatable bonds is 3. The van der Waals surface area contributed by atoms with Gasteiger partial charge in [0.2, 0.25) is 0 Å². The monoisotopic (exact) mass is 389 g/mol. The molecular weight excluding hydrogens is 369 g/mol. The van der Waals surface area contributed by atoms with E-state index in [9.17, 15) is 9.18 Å². The Morgan fingerprint density at radius 2 is 2.03 bits per heavy atom. The number of carbonyl (C=O) groups excluding carboxylic acids is 1. The number of anilines is 2. The van der Waals surface area contributed by atoms with Crippen molar-refractivity contribution in [3.8, 4) is 5.75 Å². The first-order valence-corrected chi connectivity index (χ1v) is 9.74. The Kier molecular flexibility index (Phi) is 4.39. The summed E-state index contributed by atoms with van der Waals surface area (Å²) in [6.07, 6.45) is 3.18. The molecule has 2 aliphatic heterocycles. The van der Waals surface area contributed by atoms with E-state index >= 15 is 0 Å². The average Bonchev–Trinajstić information content (AvgIpc) is 3.19. The highest BCUT2D eigenvalue weighted by Crippen LogP contribution is 2.36. The Morgan fingerprint density at radius 3 is 2.90 bits per heavy atom. The summed E-state index contributed by atoms with van der Waals surface area (Å²) in [5, 5.41) is 3.33. The van der Waals surface area contributed by atoms with E-state index in [1.807, 2.05) is 24.3 Å². The molecular formula is C23H20FN3O2. The summed E-state index contributed by atoms with van der Waals surface area (Å²) >= 11 is 0. The van der Waals surface area contributed by atoms with Gasteiger partial charge in [-0.3, -0.25) is 4.79 Å². The van der Waals surface area contributed by atoms with Crippen LogP contribution in [0.15, 0.2) is 60.8 Å². The van der Waals surface area contributed by atoms with Gasteiger partial charge in [-0.05, 0) is 36.2 Å². The van der Waals surface area contributed by atoms with Crippen molar-refractivity contribution in [2.75, 3.05) is 23.4 Å². The summed E-state index contributed by atoms with van der Waals surface area (Å²) < 4.78 is 19.4. The molecule has 5 nitrogen and oxygen atoms in total. The maximum absolute atomic E-state index is 14.0. The van der Waals surface area contributed by atoms with Gasteiger partial charge in [0, 0.05) is 30.4 Å². The summed E-state index contributed by atoms with van der Waals surface area (Å²) in [7, 11) is 0. The SMILES string of the molecule is O=C(c1ccc(N[C@H]2CCOc3c(F)cccc32)nc1)N1CCc2ccccc21. The van der Waals surface area contributed by atoms with E-state index in [-0.39, 0.29) is 17.8 Å². The first kappa shape index (κ1) is 17.7. The zero-order valence-corrected chi connectivity index (χ0v) is 15.8. The lowest BCUT2D eigenvalue weighted by molar-refractivity contribution is 0.0989. The second kappa shape index (κ2) is 7.20. The van der Waals surface area contributed by atoms with Crippen LogP contribution in [0.3, 0.4) is 0 Å². The Hall–Kier alpha value is -3.41. The average molecular weight is 389 g/mol. The van der Waals surface area contributed by atoms with Gasteiger partial charge in [-0.25, -0.2) is 9.37 Å². The van der Waals surface area contributed by atoms with E-state index in [0.29, 0.717) is 36.7 Å². The van der Waals surface area contributed by atoms with Crippen LogP contribution in [0, 0.1) is 5.82 Å². The first-order valence-electron chi connectivity index (χ1n) is 9.74. The Balaban J connectivity index is 1.33. The smallest absolute Gasteiger partial charge is 0.259 e. The van der Waals surface area contributed by atoms with Crippen molar-refractivity contribution in [2.45, 2.75) is 18.9 Å². The van der Waals surface area contributed by atoms with Crippen molar-refractivity contribution in [1.29, 1.82) is 0 Å². The third kappa shape index (κ3) is 3.20. The van der Waals surface area contributed by atoms with Crippen LogP contribution in [0.5, 0.6) is 5.75 Å². The van der Waals surface area contributed by atoms with Crippen molar-refractivity contribution in [1.82, 2.24) is 4.98 Å². The first-order chi connectivity index (χ1) is 14.2. The number of benzene rings is 2. The van der Waals surface area contributed by atoms with Gasteiger partial charge in [0.1, 0.15) is 5.82 Å².